The van der Waals surface area contributed by atoms with Crippen molar-refractivity contribution in [2.75, 3.05) is 33.7 Å². The lowest BCUT2D eigenvalue weighted by atomic mass is 9.79. The van der Waals surface area contributed by atoms with Gasteiger partial charge in [0.25, 0.3) is 0 Å². The molecule has 2 fully saturated rings. The molecule has 0 radical (unpaired) electrons. The van der Waals surface area contributed by atoms with Crippen LogP contribution in [0.3, 0.4) is 0 Å². The van der Waals surface area contributed by atoms with Gasteiger partial charge < -0.3 is 30.1 Å². The Morgan fingerprint density at radius 1 is 0.758 bits per heavy atom. The average molecular weight is 939 g/mol. The number of aryl methyl sites for hydroxylation is 1. The number of carbonyl (C=O) groups is 5. The van der Waals surface area contributed by atoms with Gasteiger partial charge in [0, 0.05) is 53.9 Å². The molecular weight excluding hydrogens is 874 g/mol. The molecule has 1 aliphatic carbocycles. The quantitative estimate of drug-likeness (QED) is 0.0757. The van der Waals surface area contributed by atoms with Crippen LogP contribution in [-0.2, 0) is 40.7 Å². The second-order valence-corrected chi connectivity index (χ2v) is 19.0. The zero-order chi connectivity index (χ0) is 47.6. The molecule has 1 saturated heterocycles. The van der Waals surface area contributed by atoms with Gasteiger partial charge in [0.05, 0.1) is 12.5 Å². The number of likely N-dealkylation sites (tertiary alicyclic amines) is 1. The van der Waals surface area contributed by atoms with Crippen molar-refractivity contribution in [1.29, 1.82) is 0 Å². The van der Waals surface area contributed by atoms with Gasteiger partial charge in [-0.2, -0.15) is 0 Å². The highest BCUT2D eigenvalue weighted by atomic mass is 35.5. The van der Waals surface area contributed by atoms with Crippen molar-refractivity contribution in [3.63, 3.8) is 0 Å². The summed E-state index contributed by atoms with van der Waals surface area (Å²) in [5.74, 6) is -2.73. The zero-order valence-corrected chi connectivity index (χ0v) is 40.7. The van der Waals surface area contributed by atoms with E-state index >= 15 is 4.79 Å². The molecule has 4 aromatic carbocycles. The van der Waals surface area contributed by atoms with E-state index in [1.165, 1.54) is 16.8 Å². The van der Waals surface area contributed by atoms with Crippen molar-refractivity contribution in [3.8, 4) is 0 Å². The molecule has 1 heterocycles. The van der Waals surface area contributed by atoms with Gasteiger partial charge in [0.15, 0.2) is 5.60 Å². The van der Waals surface area contributed by atoms with Crippen LogP contribution < -0.4 is 10.6 Å². The van der Waals surface area contributed by atoms with Crippen LogP contribution in [0.15, 0.2) is 103 Å². The molecule has 11 nitrogen and oxygen atoms in total. The number of halogens is 2. The molecule has 0 aromatic heterocycles. The van der Waals surface area contributed by atoms with Crippen LogP contribution in [0.4, 0.5) is 0 Å². The zero-order valence-electron chi connectivity index (χ0n) is 39.2. The van der Waals surface area contributed by atoms with Crippen LogP contribution in [0.2, 0.25) is 10.0 Å². The minimum atomic E-state index is -1.53. The first-order valence-corrected chi connectivity index (χ1v) is 24.1. The number of piperidine rings is 1. The van der Waals surface area contributed by atoms with Gasteiger partial charge in [-0.15, -0.1) is 0 Å². The maximum atomic E-state index is 15.1. The highest BCUT2D eigenvalue weighted by molar-refractivity contribution is 6.31. The van der Waals surface area contributed by atoms with Crippen molar-refractivity contribution in [2.24, 2.45) is 5.92 Å². The van der Waals surface area contributed by atoms with Gasteiger partial charge in [-0.25, -0.2) is 0 Å². The third-order valence-electron chi connectivity index (χ3n) is 13.3. The molecule has 352 valence electrons. The molecule has 4 amide bonds. The number of hydrogen-bond acceptors (Lipinski definition) is 7. The predicted molar refractivity (Wildman–Crippen MR) is 260 cm³/mol. The maximum Gasteiger partial charge on any atom is 0.310 e. The molecule has 13 heteroatoms. The number of likely N-dealkylation sites (N-methyl/N-ethyl adjacent to an activating group) is 3. The third kappa shape index (κ3) is 11.1. The van der Waals surface area contributed by atoms with Gasteiger partial charge in [-0.05, 0) is 75.6 Å². The number of carbonyl (C=O) groups excluding carboxylic acids is 5. The van der Waals surface area contributed by atoms with E-state index in [2.05, 4.69) is 10.6 Å². The molecule has 1 unspecified atom stereocenters. The normalized spacial score (nSPS) is 17.0. The van der Waals surface area contributed by atoms with E-state index in [1.807, 2.05) is 119 Å². The summed E-state index contributed by atoms with van der Waals surface area (Å²) >= 11 is 13.5. The van der Waals surface area contributed by atoms with Crippen molar-refractivity contribution in [1.82, 2.24) is 25.3 Å². The summed E-state index contributed by atoms with van der Waals surface area (Å²) in [4.78, 5) is 78.3. The van der Waals surface area contributed by atoms with Crippen LogP contribution in [0.25, 0.3) is 0 Å². The minimum Gasteiger partial charge on any atom is -0.444 e. The summed E-state index contributed by atoms with van der Waals surface area (Å²) in [6, 6.07) is 28.7. The van der Waals surface area contributed by atoms with Crippen LogP contribution in [-0.4, -0.2) is 102 Å². The first-order valence-electron chi connectivity index (χ1n) is 23.3. The maximum absolute atomic E-state index is 15.1. The summed E-state index contributed by atoms with van der Waals surface area (Å²) < 4.78 is 6.76. The lowest BCUT2D eigenvalue weighted by Gasteiger charge is -2.41. The fourth-order valence-corrected chi connectivity index (χ4v) is 10.2. The molecule has 66 heavy (non-hydrogen) atoms. The number of benzene rings is 4. The van der Waals surface area contributed by atoms with Crippen molar-refractivity contribution >= 4 is 52.8 Å². The second kappa shape index (κ2) is 22.5. The van der Waals surface area contributed by atoms with E-state index in [9.17, 15) is 19.2 Å². The van der Waals surface area contributed by atoms with E-state index < -0.39 is 53.5 Å². The van der Waals surface area contributed by atoms with Gasteiger partial charge in [-0.1, -0.05) is 153 Å². The molecule has 2 aliphatic rings. The Kier molecular flexibility index (Phi) is 17.1. The Morgan fingerprint density at radius 3 is 1.95 bits per heavy atom. The molecule has 1 aliphatic heterocycles. The average Bonchev–Trinajstić information content (AvgIpc) is 3.80. The highest BCUT2D eigenvalue weighted by Crippen LogP contribution is 2.44. The first-order chi connectivity index (χ1) is 31.6. The largest absolute Gasteiger partial charge is 0.444 e. The van der Waals surface area contributed by atoms with Crippen LogP contribution in [0.1, 0.15) is 100.0 Å². The monoisotopic (exact) mass is 937 g/mol. The Morgan fingerprint density at radius 2 is 1.35 bits per heavy atom. The fraction of sp³-hybridized carbons (Fsp3) is 0.453. The van der Waals surface area contributed by atoms with E-state index in [0.717, 1.165) is 30.4 Å². The molecule has 0 bridgehead atoms. The molecule has 2 N–H and O–H groups in total. The summed E-state index contributed by atoms with van der Waals surface area (Å²) in [5, 5.41) is 7.34. The smallest absolute Gasteiger partial charge is 0.310 e. The Balaban J connectivity index is 1.32. The number of hydrogen-bond donors (Lipinski definition) is 2. The highest BCUT2D eigenvalue weighted by Gasteiger charge is 2.49. The van der Waals surface area contributed by atoms with Crippen molar-refractivity contribution in [2.45, 2.75) is 115 Å². The van der Waals surface area contributed by atoms with Crippen LogP contribution in [0.5, 0.6) is 0 Å². The number of amides is 4. The van der Waals surface area contributed by atoms with Gasteiger partial charge in [-0.3, -0.25) is 24.0 Å². The Labute approximate surface area is 400 Å². The second-order valence-electron chi connectivity index (χ2n) is 18.2. The van der Waals surface area contributed by atoms with E-state index in [1.54, 1.807) is 24.1 Å². The van der Waals surface area contributed by atoms with Gasteiger partial charge in [0.1, 0.15) is 17.6 Å². The lowest BCUT2D eigenvalue weighted by Crippen LogP contribution is -2.64. The van der Waals surface area contributed by atoms with Crippen molar-refractivity contribution < 1.29 is 28.7 Å². The summed E-state index contributed by atoms with van der Waals surface area (Å²) in [6.07, 6.45) is 4.64. The number of esters is 1. The summed E-state index contributed by atoms with van der Waals surface area (Å²) in [6.45, 7) is 9.08. The lowest BCUT2D eigenvalue weighted by molar-refractivity contribution is -0.161. The van der Waals surface area contributed by atoms with E-state index in [0.29, 0.717) is 78.5 Å². The molecule has 1 saturated carbocycles. The van der Waals surface area contributed by atoms with Crippen LogP contribution in [0, 0.1) is 12.8 Å². The topological polar surface area (TPSA) is 128 Å². The number of nitrogens with one attached hydrogen (secondary N) is 2. The molecule has 4 atom stereocenters. The minimum absolute atomic E-state index is 0.322. The molecular formula is C53H65Cl2N5O6. The number of rotatable bonds is 18. The standard InChI is InChI=1S/C53H65Cl2N5O6/c1-7-56-44(34-38-20-12-14-24-42(38)54)48(62)57-52(30-16-17-31-52)51(65)59(6)47(36(2)3)50(64)58(5)45(49(63)60-32-18-9-19-33-60)35-46(61)66-53(39-21-10-8-11-22-39,40-28-26-37(4)27-29-40)41-23-13-15-25-43(41)55/h8,10-15,20-29,36,44-45,47,56H,7,9,16-19,30-35H2,1-6H3,(H,57,62)/t44-,45-,47-,53?/m0/s1. The Bertz CT molecular complexity index is 2310. The van der Waals surface area contributed by atoms with Gasteiger partial charge in [0.2, 0.25) is 23.6 Å². The predicted octanol–water partition coefficient (Wildman–Crippen LogP) is 8.50. The summed E-state index contributed by atoms with van der Waals surface area (Å²) in [5.41, 5.74) is 0.859. The van der Waals surface area contributed by atoms with E-state index in [4.69, 9.17) is 27.9 Å². The Hall–Kier alpha value is -5.23. The molecule has 4 aromatic rings. The van der Waals surface area contributed by atoms with Crippen LogP contribution >= 0.6 is 23.2 Å². The van der Waals surface area contributed by atoms with Gasteiger partial charge >= 0.3 is 5.97 Å². The molecule has 6 rings (SSSR count). The van der Waals surface area contributed by atoms with Crippen molar-refractivity contribution in [3.05, 3.63) is 141 Å². The van der Waals surface area contributed by atoms with E-state index in [-0.39, 0.29) is 17.7 Å². The third-order valence-corrected chi connectivity index (χ3v) is 14.0. The number of ether oxygens (including phenoxy) is 1. The molecule has 0 spiro atoms. The fourth-order valence-electron chi connectivity index (χ4n) is 9.75. The first kappa shape index (κ1) is 50.2. The summed E-state index contributed by atoms with van der Waals surface area (Å²) in [7, 11) is 3.11. The SMILES string of the molecule is CCN[C@@H](Cc1ccccc1Cl)C(=O)NC1(C(=O)N(C)[C@H](C(=O)N(C)[C@@H](CC(=O)OC(c2ccccc2)(c2ccc(C)cc2)c2ccccc2Cl)C(=O)N2CCCCC2)C(C)C)CCCC1. The number of nitrogens with zero attached hydrogens (tertiary/aromatic N) is 3.